The van der Waals surface area contributed by atoms with Gasteiger partial charge in [0.25, 0.3) is 0 Å². The summed E-state index contributed by atoms with van der Waals surface area (Å²) in [4.78, 5) is 0.423. The first kappa shape index (κ1) is 14.5. The van der Waals surface area contributed by atoms with Gasteiger partial charge in [0, 0.05) is 5.92 Å². The Morgan fingerprint density at radius 1 is 1.26 bits per heavy atom. The number of sulfone groups is 1. The van der Waals surface area contributed by atoms with E-state index in [0.29, 0.717) is 17.4 Å². The fourth-order valence-electron chi connectivity index (χ4n) is 2.69. The molecule has 1 saturated heterocycles. The molecule has 1 fully saturated rings. The summed E-state index contributed by atoms with van der Waals surface area (Å²) in [6, 6.07) is 7.09. The first-order valence-corrected chi connectivity index (χ1v) is 8.50. The highest BCUT2D eigenvalue weighted by Crippen LogP contribution is 2.32. The van der Waals surface area contributed by atoms with Gasteiger partial charge in [0.15, 0.2) is 9.84 Å². The minimum absolute atomic E-state index is 0.0326. The summed E-state index contributed by atoms with van der Waals surface area (Å²) >= 11 is 0. The average Bonchev–Trinajstić information content (AvgIpc) is 2.70. The van der Waals surface area contributed by atoms with Crippen LogP contribution in [0.3, 0.4) is 0 Å². The van der Waals surface area contributed by atoms with Crippen molar-refractivity contribution in [3.05, 3.63) is 29.8 Å². The van der Waals surface area contributed by atoms with Crippen LogP contribution < -0.4 is 0 Å². The molecule has 3 nitrogen and oxygen atoms in total. The number of hydrogen-bond donors (Lipinski definition) is 0. The number of ether oxygens (including phenoxy) is 1. The van der Waals surface area contributed by atoms with Crippen molar-refractivity contribution in [3.8, 4) is 0 Å². The number of rotatable bonds is 4. The molecule has 4 heteroatoms. The van der Waals surface area contributed by atoms with Gasteiger partial charge in [0.05, 0.1) is 23.4 Å². The Labute approximate surface area is 115 Å². The lowest BCUT2D eigenvalue weighted by molar-refractivity contribution is 0.108. The van der Waals surface area contributed by atoms with Crippen molar-refractivity contribution in [2.45, 2.75) is 38.2 Å². The third-order valence-corrected chi connectivity index (χ3v) is 5.91. The standard InChI is InChI=1S/C15H22O3S/c1-4-13-9-18-12(3)15(13)10-19(16,17)14-7-5-11(2)6-8-14/h5-8,12-13,15H,4,9-10H2,1-3H3/t12-,13-,15-/m1/s1. The minimum Gasteiger partial charge on any atom is -0.378 e. The Kier molecular flexibility index (Phi) is 4.31. The van der Waals surface area contributed by atoms with Gasteiger partial charge < -0.3 is 4.74 Å². The summed E-state index contributed by atoms with van der Waals surface area (Å²) in [7, 11) is -3.22. The molecule has 0 radical (unpaired) electrons. The third kappa shape index (κ3) is 3.18. The molecule has 3 atom stereocenters. The van der Waals surface area contributed by atoms with Gasteiger partial charge in [-0.3, -0.25) is 0 Å². The van der Waals surface area contributed by atoms with Crippen molar-refractivity contribution in [2.24, 2.45) is 11.8 Å². The quantitative estimate of drug-likeness (QED) is 0.853. The van der Waals surface area contributed by atoms with Crippen LogP contribution in [0, 0.1) is 18.8 Å². The van der Waals surface area contributed by atoms with Crippen LogP contribution in [0.1, 0.15) is 25.8 Å². The van der Waals surface area contributed by atoms with Crippen LogP contribution >= 0.6 is 0 Å². The average molecular weight is 282 g/mol. The van der Waals surface area contributed by atoms with Crippen molar-refractivity contribution in [1.82, 2.24) is 0 Å². The van der Waals surface area contributed by atoms with E-state index in [1.807, 2.05) is 26.0 Å². The molecule has 0 aliphatic carbocycles. The molecule has 1 aromatic rings. The summed E-state index contributed by atoms with van der Waals surface area (Å²) < 4.78 is 30.5. The van der Waals surface area contributed by atoms with Crippen molar-refractivity contribution in [1.29, 1.82) is 0 Å². The van der Waals surface area contributed by atoms with Crippen molar-refractivity contribution in [2.75, 3.05) is 12.4 Å². The molecule has 0 amide bonds. The summed E-state index contributed by atoms with van der Waals surface area (Å²) in [5.41, 5.74) is 1.07. The van der Waals surface area contributed by atoms with E-state index in [0.717, 1.165) is 12.0 Å². The number of benzene rings is 1. The van der Waals surface area contributed by atoms with Gasteiger partial charge in [-0.05, 0) is 31.9 Å². The van der Waals surface area contributed by atoms with Crippen LogP contribution in [0.2, 0.25) is 0 Å². The van der Waals surface area contributed by atoms with E-state index >= 15 is 0 Å². The fraction of sp³-hybridized carbons (Fsp3) is 0.600. The number of aryl methyl sites for hydroxylation is 1. The van der Waals surface area contributed by atoms with Gasteiger partial charge in [-0.1, -0.05) is 31.0 Å². The zero-order chi connectivity index (χ0) is 14.0. The first-order chi connectivity index (χ1) is 8.94. The molecule has 0 unspecified atom stereocenters. The van der Waals surface area contributed by atoms with E-state index in [9.17, 15) is 8.42 Å². The summed E-state index contributed by atoms with van der Waals surface area (Å²) in [5, 5.41) is 0. The maximum atomic E-state index is 12.5. The molecule has 1 heterocycles. The lowest BCUT2D eigenvalue weighted by Crippen LogP contribution is -2.26. The molecule has 19 heavy (non-hydrogen) atoms. The maximum absolute atomic E-state index is 12.5. The van der Waals surface area contributed by atoms with E-state index in [1.54, 1.807) is 12.1 Å². The predicted octanol–water partition coefficient (Wildman–Crippen LogP) is 2.83. The molecule has 2 rings (SSSR count). The molecular weight excluding hydrogens is 260 g/mol. The summed E-state index contributed by atoms with van der Waals surface area (Å²) in [5.74, 6) is 0.655. The van der Waals surface area contributed by atoms with Crippen LogP contribution in [-0.4, -0.2) is 26.9 Å². The predicted molar refractivity (Wildman–Crippen MR) is 75.9 cm³/mol. The Hall–Kier alpha value is -0.870. The van der Waals surface area contributed by atoms with Gasteiger partial charge >= 0.3 is 0 Å². The third-order valence-electron chi connectivity index (χ3n) is 4.10. The smallest absolute Gasteiger partial charge is 0.178 e. The van der Waals surface area contributed by atoms with E-state index in [4.69, 9.17) is 4.74 Å². The second-order valence-electron chi connectivity index (χ2n) is 5.47. The zero-order valence-electron chi connectivity index (χ0n) is 11.8. The maximum Gasteiger partial charge on any atom is 0.178 e. The topological polar surface area (TPSA) is 43.4 Å². The molecule has 0 saturated carbocycles. The SMILES string of the molecule is CC[C@@H]1CO[C@H](C)[C@H]1CS(=O)(=O)c1ccc(C)cc1. The van der Waals surface area contributed by atoms with Gasteiger partial charge in [-0.15, -0.1) is 0 Å². The van der Waals surface area contributed by atoms with Gasteiger partial charge in [-0.2, -0.15) is 0 Å². The molecule has 0 spiro atoms. The van der Waals surface area contributed by atoms with Crippen LogP contribution in [0.15, 0.2) is 29.2 Å². The van der Waals surface area contributed by atoms with E-state index < -0.39 is 9.84 Å². The highest BCUT2D eigenvalue weighted by atomic mass is 32.2. The Morgan fingerprint density at radius 2 is 1.89 bits per heavy atom. The lowest BCUT2D eigenvalue weighted by Gasteiger charge is -2.19. The molecule has 0 aromatic heterocycles. The molecule has 0 N–H and O–H groups in total. The second-order valence-corrected chi connectivity index (χ2v) is 7.50. The number of hydrogen-bond acceptors (Lipinski definition) is 3. The normalized spacial score (nSPS) is 27.6. The van der Waals surface area contributed by atoms with Gasteiger partial charge in [0.1, 0.15) is 0 Å². The van der Waals surface area contributed by atoms with Crippen LogP contribution in [-0.2, 0) is 14.6 Å². The molecule has 1 aliphatic rings. The monoisotopic (exact) mass is 282 g/mol. The summed E-state index contributed by atoms with van der Waals surface area (Å²) in [6.07, 6.45) is 1.00. The van der Waals surface area contributed by atoms with E-state index in [-0.39, 0.29) is 17.8 Å². The van der Waals surface area contributed by atoms with Crippen molar-refractivity contribution >= 4 is 9.84 Å². The van der Waals surface area contributed by atoms with E-state index in [2.05, 4.69) is 6.92 Å². The first-order valence-electron chi connectivity index (χ1n) is 6.85. The summed E-state index contributed by atoms with van der Waals surface area (Å²) in [6.45, 7) is 6.71. The van der Waals surface area contributed by atoms with Crippen LogP contribution in [0.4, 0.5) is 0 Å². The van der Waals surface area contributed by atoms with Gasteiger partial charge in [-0.25, -0.2) is 8.42 Å². The molecular formula is C15H22O3S. The highest BCUT2D eigenvalue weighted by molar-refractivity contribution is 7.91. The Morgan fingerprint density at radius 3 is 2.47 bits per heavy atom. The fourth-order valence-corrected chi connectivity index (χ4v) is 4.49. The van der Waals surface area contributed by atoms with Crippen LogP contribution in [0.25, 0.3) is 0 Å². The van der Waals surface area contributed by atoms with Gasteiger partial charge in [0.2, 0.25) is 0 Å². The minimum atomic E-state index is -3.22. The molecule has 1 aromatic carbocycles. The Bertz CT molecular complexity index is 519. The van der Waals surface area contributed by atoms with Crippen LogP contribution in [0.5, 0.6) is 0 Å². The lowest BCUT2D eigenvalue weighted by atomic mass is 9.91. The van der Waals surface area contributed by atoms with Crippen molar-refractivity contribution in [3.63, 3.8) is 0 Å². The molecule has 0 bridgehead atoms. The second kappa shape index (κ2) is 5.63. The molecule has 1 aliphatic heterocycles. The van der Waals surface area contributed by atoms with E-state index in [1.165, 1.54) is 0 Å². The zero-order valence-corrected chi connectivity index (χ0v) is 12.6. The largest absolute Gasteiger partial charge is 0.378 e. The Balaban J connectivity index is 2.19. The van der Waals surface area contributed by atoms with Crippen molar-refractivity contribution < 1.29 is 13.2 Å². The molecule has 106 valence electrons. The highest BCUT2D eigenvalue weighted by Gasteiger charge is 2.36.